The first-order valence-corrected chi connectivity index (χ1v) is 9.81. The molecule has 0 unspecified atom stereocenters. The van der Waals surface area contributed by atoms with E-state index in [9.17, 15) is 14.4 Å². The van der Waals surface area contributed by atoms with Crippen LogP contribution in [0.4, 0.5) is 5.82 Å². The number of amides is 3. The van der Waals surface area contributed by atoms with Gasteiger partial charge in [0.1, 0.15) is 6.04 Å². The van der Waals surface area contributed by atoms with Crippen molar-refractivity contribution in [2.24, 2.45) is 0 Å². The van der Waals surface area contributed by atoms with Crippen molar-refractivity contribution in [3.05, 3.63) is 53.7 Å². The van der Waals surface area contributed by atoms with E-state index in [-0.39, 0.29) is 11.8 Å². The van der Waals surface area contributed by atoms with Crippen molar-refractivity contribution in [2.45, 2.75) is 32.7 Å². The van der Waals surface area contributed by atoms with E-state index in [2.05, 4.69) is 15.5 Å². The Hall–Kier alpha value is -3.55. The van der Waals surface area contributed by atoms with Gasteiger partial charge >= 0.3 is 0 Å². The minimum atomic E-state index is -0.509. The maximum Gasteiger partial charge on any atom is 0.257 e. The van der Waals surface area contributed by atoms with Crippen molar-refractivity contribution >= 4 is 24.0 Å². The molecule has 0 radical (unpaired) electrons. The molecule has 8 heteroatoms. The van der Waals surface area contributed by atoms with Gasteiger partial charge in [0.15, 0.2) is 5.82 Å². The number of rotatable bonds is 6. The minimum absolute atomic E-state index is 0.242. The molecule has 0 bridgehead atoms. The molecule has 0 saturated carbocycles. The Labute approximate surface area is 175 Å². The van der Waals surface area contributed by atoms with Crippen LogP contribution in [0.1, 0.15) is 26.7 Å². The highest BCUT2D eigenvalue weighted by Crippen LogP contribution is 2.26. The number of carbonyl (C=O) groups is 3. The molecule has 8 nitrogen and oxygen atoms in total. The lowest BCUT2D eigenvalue weighted by molar-refractivity contribution is -0.134. The summed E-state index contributed by atoms with van der Waals surface area (Å²) in [6.45, 7) is 4.24. The van der Waals surface area contributed by atoms with E-state index in [1.165, 1.54) is 7.05 Å². The van der Waals surface area contributed by atoms with E-state index >= 15 is 0 Å². The van der Waals surface area contributed by atoms with E-state index in [0.29, 0.717) is 36.5 Å². The highest BCUT2D eigenvalue weighted by molar-refractivity contribution is 6.00. The molecular weight excluding hydrogens is 382 g/mol. The van der Waals surface area contributed by atoms with Gasteiger partial charge in [-0.25, -0.2) is 0 Å². The Balaban J connectivity index is 1.71. The number of benzene rings is 1. The van der Waals surface area contributed by atoms with Gasteiger partial charge in [-0.1, -0.05) is 30.3 Å². The Bertz CT molecular complexity index is 956. The zero-order valence-corrected chi connectivity index (χ0v) is 17.3. The van der Waals surface area contributed by atoms with E-state index in [1.54, 1.807) is 19.1 Å². The fourth-order valence-corrected chi connectivity index (χ4v) is 3.49. The van der Waals surface area contributed by atoms with Crippen LogP contribution in [0.5, 0.6) is 0 Å². The van der Waals surface area contributed by atoms with Crippen molar-refractivity contribution in [2.75, 3.05) is 18.9 Å². The molecule has 2 heterocycles. The zero-order chi connectivity index (χ0) is 21.7. The van der Waals surface area contributed by atoms with Gasteiger partial charge in [0.2, 0.25) is 12.3 Å². The summed E-state index contributed by atoms with van der Waals surface area (Å²) in [5.74, 6) is -0.210. The van der Waals surface area contributed by atoms with Crippen molar-refractivity contribution in [3.8, 4) is 11.3 Å². The third-order valence-electron chi connectivity index (χ3n) is 5.26. The number of imide groups is 1. The number of likely N-dealkylation sites (N-methyl/N-ethyl adjacent to an activating group) is 1. The summed E-state index contributed by atoms with van der Waals surface area (Å²) in [4.78, 5) is 39.0. The maximum atomic E-state index is 12.8. The Morgan fingerprint density at radius 3 is 2.53 bits per heavy atom. The summed E-state index contributed by atoms with van der Waals surface area (Å²) < 4.78 is 0. The number of carbonyl (C=O) groups excluding carboxylic acids is 3. The lowest BCUT2D eigenvalue weighted by Gasteiger charge is -2.36. The van der Waals surface area contributed by atoms with Crippen molar-refractivity contribution in [3.63, 3.8) is 0 Å². The average molecular weight is 407 g/mol. The van der Waals surface area contributed by atoms with Gasteiger partial charge in [0.25, 0.3) is 5.91 Å². The number of hydrogen-bond acceptors (Lipinski definition) is 6. The van der Waals surface area contributed by atoms with Crippen LogP contribution in [-0.2, 0) is 14.4 Å². The highest BCUT2D eigenvalue weighted by atomic mass is 16.2. The predicted molar refractivity (Wildman–Crippen MR) is 113 cm³/mol. The van der Waals surface area contributed by atoms with Crippen LogP contribution in [0.2, 0.25) is 0 Å². The van der Waals surface area contributed by atoms with Gasteiger partial charge in [-0.05, 0) is 38.8 Å². The molecule has 30 heavy (non-hydrogen) atoms. The molecule has 0 saturated heterocycles. The minimum Gasteiger partial charge on any atom is -0.363 e. The molecule has 0 fully saturated rings. The summed E-state index contributed by atoms with van der Waals surface area (Å²) in [6, 6.07) is 12.7. The molecule has 1 aromatic carbocycles. The molecule has 3 rings (SSSR count). The SMILES string of the molecule is CC1=C(C(=O)N(C)C=O)CCCN1[C@@H](C)C(=O)Nc1ccc(-c2ccccc2)nn1. The second-order valence-corrected chi connectivity index (χ2v) is 7.22. The largest absolute Gasteiger partial charge is 0.363 e. The average Bonchev–Trinajstić information content (AvgIpc) is 2.78. The van der Waals surface area contributed by atoms with Gasteiger partial charge in [0.05, 0.1) is 5.69 Å². The second kappa shape index (κ2) is 9.30. The van der Waals surface area contributed by atoms with Crippen LogP contribution < -0.4 is 5.32 Å². The van der Waals surface area contributed by atoms with E-state index in [1.807, 2.05) is 42.2 Å². The van der Waals surface area contributed by atoms with Crippen LogP contribution in [0, 0.1) is 0 Å². The molecule has 1 N–H and O–H groups in total. The topological polar surface area (TPSA) is 95.5 Å². The normalized spacial score (nSPS) is 14.8. The molecule has 156 valence electrons. The molecule has 0 aliphatic carbocycles. The third kappa shape index (κ3) is 4.53. The molecule has 1 aliphatic rings. The van der Waals surface area contributed by atoms with E-state index < -0.39 is 6.04 Å². The monoisotopic (exact) mass is 407 g/mol. The zero-order valence-electron chi connectivity index (χ0n) is 17.3. The Kier molecular flexibility index (Phi) is 6.56. The highest BCUT2D eigenvalue weighted by Gasteiger charge is 2.29. The number of aromatic nitrogens is 2. The smallest absolute Gasteiger partial charge is 0.257 e. The summed E-state index contributed by atoms with van der Waals surface area (Å²) >= 11 is 0. The fraction of sp³-hybridized carbons (Fsp3) is 0.318. The summed E-state index contributed by atoms with van der Waals surface area (Å²) in [5, 5.41) is 11.1. The Morgan fingerprint density at radius 2 is 1.90 bits per heavy atom. The first-order chi connectivity index (χ1) is 14.4. The number of anilines is 1. The number of allylic oxidation sites excluding steroid dienone is 1. The van der Waals surface area contributed by atoms with E-state index in [0.717, 1.165) is 22.6 Å². The molecule has 1 aromatic heterocycles. The Morgan fingerprint density at radius 1 is 1.17 bits per heavy atom. The summed E-state index contributed by atoms with van der Waals surface area (Å²) in [7, 11) is 1.43. The summed E-state index contributed by atoms with van der Waals surface area (Å²) in [6.07, 6.45) is 1.81. The van der Waals surface area contributed by atoms with Gasteiger partial charge < -0.3 is 10.2 Å². The quantitative estimate of drug-likeness (QED) is 0.739. The molecule has 1 atom stereocenters. The van der Waals surface area contributed by atoms with Crippen LogP contribution in [0.15, 0.2) is 53.7 Å². The van der Waals surface area contributed by atoms with Crippen LogP contribution in [0.25, 0.3) is 11.3 Å². The van der Waals surface area contributed by atoms with Crippen LogP contribution >= 0.6 is 0 Å². The molecule has 0 spiro atoms. The van der Waals surface area contributed by atoms with Crippen LogP contribution in [-0.4, -0.2) is 57.9 Å². The number of nitrogens with one attached hydrogen (secondary N) is 1. The maximum absolute atomic E-state index is 12.8. The fourth-order valence-electron chi connectivity index (χ4n) is 3.49. The lowest BCUT2D eigenvalue weighted by atomic mass is 10.00. The van der Waals surface area contributed by atoms with Crippen molar-refractivity contribution in [1.29, 1.82) is 0 Å². The molecule has 2 aromatic rings. The first-order valence-electron chi connectivity index (χ1n) is 9.81. The van der Waals surface area contributed by atoms with Crippen molar-refractivity contribution in [1.82, 2.24) is 20.0 Å². The van der Waals surface area contributed by atoms with Gasteiger partial charge in [-0.3, -0.25) is 19.3 Å². The molecule has 1 aliphatic heterocycles. The molecule has 3 amide bonds. The predicted octanol–water partition coefficient (Wildman–Crippen LogP) is 2.46. The lowest BCUT2D eigenvalue weighted by Crippen LogP contribution is -2.44. The van der Waals surface area contributed by atoms with Gasteiger partial charge in [-0.2, -0.15) is 0 Å². The first kappa shape index (κ1) is 21.2. The van der Waals surface area contributed by atoms with Crippen LogP contribution in [0.3, 0.4) is 0 Å². The van der Waals surface area contributed by atoms with Gasteiger partial charge in [0, 0.05) is 30.4 Å². The third-order valence-corrected chi connectivity index (χ3v) is 5.26. The van der Waals surface area contributed by atoms with Crippen molar-refractivity contribution < 1.29 is 14.4 Å². The second-order valence-electron chi connectivity index (χ2n) is 7.22. The number of nitrogens with zero attached hydrogens (tertiary/aromatic N) is 4. The standard InChI is InChI=1S/C22H25N5O3/c1-15-18(22(30)26(3)14-28)10-7-13-27(15)16(2)21(29)23-20-12-11-19(24-25-20)17-8-5-4-6-9-17/h4-6,8-9,11-12,14,16H,7,10,13H2,1-3H3,(H,23,25,29)/t16-/m0/s1. The summed E-state index contributed by atoms with van der Waals surface area (Å²) in [5.41, 5.74) is 2.94. The molecular formula is C22H25N5O3. The number of hydrogen-bond donors (Lipinski definition) is 1. The van der Waals surface area contributed by atoms with E-state index in [4.69, 9.17) is 0 Å². The van der Waals surface area contributed by atoms with Gasteiger partial charge in [-0.15, -0.1) is 10.2 Å².